The summed E-state index contributed by atoms with van der Waals surface area (Å²) in [5.41, 5.74) is 7.77. The maximum Gasteiger partial charge on any atom is 0.104 e. The Labute approximate surface area is 356 Å². The Hall–Kier alpha value is -2.05. The van der Waals surface area contributed by atoms with Crippen molar-refractivity contribution in [2.75, 3.05) is 0 Å². The Morgan fingerprint density at radius 3 is 1.58 bits per heavy atom. The van der Waals surface area contributed by atoms with Gasteiger partial charge in [-0.1, -0.05) is 38.1 Å². The van der Waals surface area contributed by atoms with Crippen LogP contribution in [0.3, 0.4) is 0 Å². The zero-order valence-electron chi connectivity index (χ0n) is 34.4. The minimum Gasteiger partial charge on any atom is -0.320 e. The third-order valence-electron chi connectivity index (χ3n) is 18.1. The predicted octanol–water partition coefficient (Wildman–Crippen LogP) is 13.2. The molecule has 12 saturated carbocycles. The fourth-order valence-corrected chi connectivity index (χ4v) is 23.4. The van der Waals surface area contributed by atoms with Crippen molar-refractivity contribution in [1.82, 2.24) is 4.98 Å². The first kappa shape index (κ1) is 37.9. The molecule has 301 valence electrons. The minimum absolute atomic E-state index is 0. The molecule has 57 heavy (non-hydrogen) atoms. The molecule has 0 saturated heterocycles. The molecule has 1 heterocycles. The third kappa shape index (κ3) is 5.99. The Kier molecular flexibility index (Phi) is 9.13. The van der Waals surface area contributed by atoms with E-state index in [2.05, 4.69) is 92.7 Å². The van der Waals surface area contributed by atoms with E-state index in [1.165, 1.54) is 137 Å². The standard InChI is InChI=1S/C27H28N.C26H34OP.Ir/c1-17-8-18(2)10-22(9-17)25-7-6-23-24(4-3-5-26(23)28-25)27-14-19-11-20(15-27)13-21(12-19)16-27;27-28(24-4-2-1-3-5-24,25-12-18-6-19(13-25)8-20(7-18)14-25)26-15-21-9-22(16-26)11-23(10-21)17-26;/h3-9,19-21H,11-16H2,1-2H3;1-4,18-23H,6-17H2;/q2*-1;. The molecule has 0 amide bonds. The molecule has 1 radical (unpaired) electrons. The van der Waals surface area contributed by atoms with Gasteiger partial charge in [-0.3, -0.25) is 4.98 Å². The Morgan fingerprint density at radius 1 is 0.596 bits per heavy atom. The van der Waals surface area contributed by atoms with Crippen LogP contribution in [-0.4, -0.2) is 15.3 Å². The van der Waals surface area contributed by atoms with Crippen molar-refractivity contribution in [3.05, 3.63) is 95.6 Å². The van der Waals surface area contributed by atoms with Crippen molar-refractivity contribution in [2.45, 2.75) is 145 Å². The van der Waals surface area contributed by atoms with E-state index in [0.29, 0.717) is 5.41 Å². The average Bonchev–Trinajstić information content (AvgIpc) is 3.16. The summed E-state index contributed by atoms with van der Waals surface area (Å²) in [5.74, 6) is 8.15. The summed E-state index contributed by atoms with van der Waals surface area (Å²) in [7, 11) is -2.53. The van der Waals surface area contributed by atoms with E-state index in [1.54, 1.807) is 5.56 Å². The monoisotopic (exact) mass is 952 g/mol. The molecule has 0 spiro atoms. The molecule has 0 unspecified atom stereocenters. The van der Waals surface area contributed by atoms with Crippen LogP contribution in [0.1, 0.15) is 132 Å². The predicted molar refractivity (Wildman–Crippen MR) is 230 cm³/mol. The van der Waals surface area contributed by atoms with Crippen molar-refractivity contribution in [3.63, 3.8) is 0 Å². The van der Waals surface area contributed by atoms with Gasteiger partial charge in [0.15, 0.2) is 0 Å². The molecule has 4 heteroatoms. The number of nitrogens with zero attached hydrogens (tertiary/aromatic N) is 1. The summed E-state index contributed by atoms with van der Waals surface area (Å²) in [6, 6.07) is 31.4. The van der Waals surface area contributed by atoms with Crippen LogP contribution in [0.4, 0.5) is 0 Å². The molecule has 12 fully saturated rings. The quantitative estimate of drug-likeness (QED) is 0.147. The van der Waals surface area contributed by atoms with Gasteiger partial charge in [-0.15, -0.1) is 40.2 Å². The molecule has 12 aliphatic rings. The van der Waals surface area contributed by atoms with E-state index in [9.17, 15) is 0 Å². The van der Waals surface area contributed by atoms with Crippen LogP contribution in [0, 0.1) is 79.2 Å². The van der Waals surface area contributed by atoms with Gasteiger partial charge in [0.2, 0.25) is 0 Å². The maximum absolute atomic E-state index is 15.9. The van der Waals surface area contributed by atoms with Gasteiger partial charge in [0.1, 0.15) is 7.14 Å². The van der Waals surface area contributed by atoms with Gasteiger partial charge >= 0.3 is 0 Å². The first-order valence-corrected chi connectivity index (χ1v) is 24.8. The Bertz CT molecular complexity index is 2070. The SMILES string of the molecule is Cc1[c-]c(-c2ccc3c(C45CC6CC(CC(C6)C4)C5)cccc3n2)cc(C)c1.O=P(c1[c-]cccc1)(C12CC3CC(CC(C3)C1)C2)C12CC3CC(CC(C3)C1)C2.[Ir]. The third-order valence-corrected chi connectivity index (χ3v) is 22.9. The van der Waals surface area contributed by atoms with Crippen molar-refractivity contribution in [3.8, 4) is 11.3 Å². The normalized spacial score (nSPS) is 41.1. The average molecular weight is 952 g/mol. The summed E-state index contributed by atoms with van der Waals surface area (Å²) < 4.78 is 15.9. The summed E-state index contributed by atoms with van der Waals surface area (Å²) in [6.45, 7) is 4.26. The van der Waals surface area contributed by atoms with Crippen LogP contribution in [0.2, 0.25) is 0 Å². The van der Waals surface area contributed by atoms with Gasteiger partial charge in [0.05, 0.1) is 5.52 Å². The smallest absolute Gasteiger partial charge is 0.104 e. The molecule has 3 aromatic carbocycles. The van der Waals surface area contributed by atoms with Crippen molar-refractivity contribution >= 4 is 23.3 Å². The fraction of sp³-hybridized carbons (Fsp3) is 0.604. The summed E-state index contributed by atoms with van der Waals surface area (Å²) in [5, 5.41) is 2.81. The van der Waals surface area contributed by atoms with Crippen LogP contribution >= 0.6 is 7.14 Å². The van der Waals surface area contributed by atoms with E-state index in [0.717, 1.165) is 70.0 Å². The fourth-order valence-electron chi connectivity index (χ4n) is 17.7. The van der Waals surface area contributed by atoms with Gasteiger partial charge in [-0.2, -0.15) is 30.3 Å². The second kappa shape index (κ2) is 13.7. The maximum atomic E-state index is 15.9. The number of rotatable bonds is 5. The number of hydrogen-bond donors (Lipinski definition) is 0. The summed E-state index contributed by atoms with van der Waals surface area (Å²) in [4.78, 5) is 5.08. The first-order chi connectivity index (χ1) is 27.2. The van der Waals surface area contributed by atoms with Gasteiger partial charge in [0, 0.05) is 35.8 Å². The second-order valence-electron chi connectivity index (χ2n) is 22.2. The van der Waals surface area contributed by atoms with Crippen LogP contribution < -0.4 is 5.30 Å². The number of aromatic nitrogens is 1. The van der Waals surface area contributed by atoms with E-state index in [-0.39, 0.29) is 30.4 Å². The van der Waals surface area contributed by atoms with Gasteiger partial charge < -0.3 is 4.57 Å². The van der Waals surface area contributed by atoms with E-state index in [1.807, 2.05) is 0 Å². The molecule has 12 bridgehead atoms. The van der Waals surface area contributed by atoms with Gasteiger partial charge in [-0.05, 0) is 192 Å². The van der Waals surface area contributed by atoms with Crippen molar-refractivity contribution in [2.24, 2.45) is 53.3 Å². The summed E-state index contributed by atoms with van der Waals surface area (Å²) >= 11 is 0. The van der Waals surface area contributed by atoms with Gasteiger partial charge in [-0.25, -0.2) is 0 Å². The van der Waals surface area contributed by atoms with Gasteiger partial charge in [0.25, 0.3) is 0 Å². The zero-order valence-corrected chi connectivity index (χ0v) is 37.7. The van der Waals surface area contributed by atoms with Crippen LogP contribution in [0.15, 0.2) is 66.7 Å². The van der Waals surface area contributed by atoms with Crippen molar-refractivity contribution < 1.29 is 24.7 Å². The second-order valence-corrected chi connectivity index (χ2v) is 25.8. The largest absolute Gasteiger partial charge is 0.320 e. The molecule has 1 aromatic heterocycles. The number of hydrogen-bond acceptors (Lipinski definition) is 2. The molecular weight excluding hydrogens is 890 g/mol. The molecular formula is C53H62IrNOP-2. The van der Waals surface area contributed by atoms with E-state index >= 15 is 4.57 Å². The zero-order chi connectivity index (χ0) is 37.4. The Balaban J connectivity index is 0.000000129. The van der Waals surface area contributed by atoms with E-state index in [4.69, 9.17) is 4.98 Å². The minimum atomic E-state index is -2.53. The number of pyridine rings is 1. The molecule has 4 aromatic rings. The van der Waals surface area contributed by atoms with Crippen molar-refractivity contribution in [1.29, 1.82) is 0 Å². The number of fused-ring (bicyclic) bond motifs is 1. The topological polar surface area (TPSA) is 30.0 Å². The molecule has 2 nitrogen and oxygen atoms in total. The Morgan fingerprint density at radius 2 is 1.11 bits per heavy atom. The molecule has 0 aliphatic heterocycles. The first-order valence-electron chi connectivity index (χ1n) is 23.1. The molecule has 0 atom stereocenters. The molecule has 0 N–H and O–H groups in total. The van der Waals surface area contributed by atoms with Crippen LogP contribution in [-0.2, 0) is 30.1 Å². The number of aryl methyl sites for hydroxylation is 2. The van der Waals surface area contributed by atoms with Crippen LogP contribution in [0.25, 0.3) is 22.2 Å². The number of benzene rings is 3. The molecule has 12 aliphatic carbocycles. The van der Waals surface area contributed by atoms with Crippen LogP contribution in [0.5, 0.6) is 0 Å². The molecule has 16 rings (SSSR count). The van der Waals surface area contributed by atoms with E-state index < -0.39 is 7.14 Å². The summed E-state index contributed by atoms with van der Waals surface area (Å²) in [6.07, 6.45) is 25.0.